The first-order chi connectivity index (χ1) is 16.9. The molecular weight excluding hydrogens is 460 g/mol. The van der Waals surface area contributed by atoms with Gasteiger partial charge in [-0.15, -0.1) is 0 Å². The Morgan fingerprint density at radius 1 is 0.714 bits per heavy atom. The van der Waals surface area contributed by atoms with Crippen molar-refractivity contribution in [1.82, 2.24) is 0 Å². The number of carbonyl (C=O) groups is 1. The second-order valence-corrected chi connectivity index (χ2v) is 11.0. The summed E-state index contributed by atoms with van der Waals surface area (Å²) in [4.78, 5) is 11.6. The van der Waals surface area contributed by atoms with E-state index in [-0.39, 0.29) is 10.6 Å². The Labute approximate surface area is 214 Å². The van der Waals surface area contributed by atoms with E-state index in [0.717, 1.165) is 12.8 Å². The predicted molar refractivity (Wildman–Crippen MR) is 144 cm³/mol. The highest BCUT2D eigenvalue weighted by atomic mass is 32.2. The van der Waals surface area contributed by atoms with Crippen LogP contribution in [0.1, 0.15) is 129 Å². The highest BCUT2D eigenvalue weighted by Gasteiger charge is 2.09. The van der Waals surface area contributed by atoms with E-state index in [1.807, 2.05) is 6.08 Å². The molecule has 0 amide bonds. The molecule has 0 atom stereocenters. The molecule has 0 radical (unpaired) electrons. The van der Waals surface area contributed by atoms with Gasteiger partial charge in [-0.1, -0.05) is 122 Å². The Balaban J connectivity index is 1.87. The number of carbonyl (C=O) groups excluding carboxylic acids is 1. The van der Waals surface area contributed by atoms with Crippen LogP contribution in [0, 0.1) is 0 Å². The number of hydrogen-bond acceptors (Lipinski definition) is 4. The van der Waals surface area contributed by atoms with E-state index in [0.29, 0.717) is 0 Å². The van der Waals surface area contributed by atoms with E-state index in [9.17, 15) is 13.2 Å². The van der Waals surface area contributed by atoms with Crippen LogP contribution in [0.4, 0.5) is 0 Å². The minimum Gasteiger partial charge on any atom is -0.423 e. The van der Waals surface area contributed by atoms with Gasteiger partial charge in [0.2, 0.25) is 0 Å². The lowest BCUT2D eigenvalue weighted by molar-refractivity contribution is -0.129. The lowest BCUT2D eigenvalue weighted by atomic mass is 10.0. The molecule has 200 valence electrons. The molecule has 0 fully saturated rings. The number of rotatable bonds is 22. The zero-order chi connectivity index (χ0) is 25.6. The van der Waals surface area contributed by atoms with Crippen LogP contribution >= 0.6 is 0 Å². The summed E-state index contributed by atoms with van der Waals surface area (Å²) < 4.78 is 36.1. The molecule has 0 aliphatic rings. The molecule has 0 saturated carbocycles. The average Bonchev–Trinajstić information content (AvgIpc) is 2.82. The Kier molecular flexibility index (Phi) is 18.4. The summed E-state index contributed by atoms with van der Waals surface area (Å²) in [6.45, 7) is 2.27. The average molecular weight is 509 g/mol. The van der Waals surface area contributed by atoms with Gasteiger partial charge in [-0.3, -0.25) is 4.55 Å². The van der Waals surface area contributed by atoms with Crippen molar-refractivity contribution in [2.45, 2.75) is 134 Å². The lowest BCUT2D eigenvalue weighted by Gasteiger charge is -2.03. The van der Waals surface area contributed by atoms with Crippen LogP contribution in [0.15, 0.2) is 41.3 Å². The van der Waals surface area contributed by atoms with Crippen molar-refractivity contribution in [3.8, 4) is 5.75 Å². The van der Waals surface area contributed by atoms with Crippen molar-refractivity contribution < 1.29 is 22.5 Å². The maximum Gasteiger partial charge on any atom is 0.335 e. The van der Waals surface area contributed by atoms with Gasteiger partial charge in [0.05, 0.1) is 4.90 Å². The minimum atomic E-state index is -4.24. The molecule has 0 unspecified atom stereocenters. The summed E-state index contributed by atoms with van der Waals surface area (Å²) >= 11 is 0. The summed E-state index contributed by atoms with van der Waals surface area (Å²) in [5.41, 5.74) is 0. The molecular formula is C29H48O5S. The molecule has 35 heavy (non-hydrogen) atoms. The van der Waals surface area contributed by atoms with Crippen LogP contribution in [0.2, 0.25) is 0 Å². The second kappa shape index (κ2) is 20.5. The third kappa shape index (κ3) is 18.3. The van der Waals surface area contributed by atoms with Crippen LogP contribution in [-0.4, -0.2) is 18.9 Å². The van der Waals surface area contributed by atoms with Crippen LogP contribution in [0.5, 0.6) is 5.75 Å². The van der Waals surface area contributed by atoms with Crippen LogP contribution < -0.4 is 4.74 Å². The molecule has 1 aromatic carbocycles. The molecule has 1 N–H and O–H groups in total. The largest absolute Gasteiger partial charge is 0.423 e. The monoisotopic (exact) mass is 508 g/mol. The lowest BCUT2D eigenvalue weighted by Crippen LogP contribution is -2.04. The first-order valence-electron chi connectivity index (χ1n) is 13.9. The maximum atomic E-state index is 11.8. The van der Waals surface area contributed by atoms with Gasteiger partial charge >= 0.3 is 5.97 Å². The topological polar surface area (TPSA) is 80.7 Å². The van der Waals surface area contributed by atoms with Crippen molar-refractivity contribution >= 4 is 16.1 Å². The van der Waals surface area contributed by atoms with Gasteiger partial charge in [-0.05, 0) is 37.1 Å². The first kappa shape index (κ1) is 31.4. The normalized spacial score (nSPS) is 11.8. The zero-order valence-electron chi connectivity index (χ0n) is 21.9. The van der Waals surface area contributed by atoms with Crippen molar-refractivity contribution in [3.63, 3.8) is 0 Å². The number of hydrogen-bond donors (Lipinski definition) is 1. The van der Waals surface area contributed by atoms with Gasteiger partial charge in [-0.2, -0.15) is 8.42 Å². The Hall–Kier alpha value is -1.66. The van der Waals surface area contributed by atoms with Gasteiger partial charge in [0.1, 0.15) is 5.75 Å². The summed E-state index contributed by atoms with van der Waals surface area (Å²) in [7, 11) is -4.24. The number of esters is 1. The molecule has 1 rings (SSSR count). The van der Waals surface area contributed by atoms with Gasteiger partial charge in [0.15, 0.2) is 0 Å². The predicted octanol–water partition coefficient (Wildman–Crippen LogP) is 8.83. The Morgan fingerprint density at radius 2 is 1.11 bits per heavy atom. The molecule has 0 aliphatic carbocycles. The molecule has 0 spiro atoms. The number of benzene rings is 1. The van der Waals surface area contributed by atoms with Gasteiger partial charge < -0.3 is 4.74 Å². The molecule has 0 heterocycles. The Morgan fingerprint density at radius 3 is 1.51 bits per heavy atom. The van der Waals surface area contributed by atoms with Gasteiger partial charge in [0, 0.05) is 6.08 Å². The molecule has 1 aromatic rings. The summed E-state index contributed by atoms with van der Waals surface area (Å²) in [6, 6.07) is 5.07. The molecule has 6 heteroatoms. The quantitative estimate of drug-likeness (QED) is 0.0556. The minimum absolute atomic E-state index is 0.234. The molecule has 0 aromatic heterocycles. The summed E-state index contributed by atoms with van der Waals surface area (Å²) in [5, 5.41) is 0. The SMILES string of the molecule is CCCCCCCCCCCCCCCCCCCCC=CC(=O)Oc1ccc(S(=O)(=O)O)cc1. The summed E-state index contributed by atoms with van der Waals surface area (Å²) in [6.07, 6.45) is 28.4. The van der Waals surface area contributed by atoms with E-state index in [2.05, 4.69) is 6.92 Å². The number of allylic oxidation sites excluding steroid dienone is 1. The van der Waals surface area contributed by atoms with Crippen LogP contribution in [0.25, 0.3) is 0 Å². The fourth-order valence-corrected chi connectivity index (χ4v) is 4.65. The first-order valence-corrected chi connectivity index (χ1v) is 15.3. The molecule has 0 bridgehead atoms. The number of unbranched alkanes of at least 4 members (excludes halogenated alkanes) is 18. The van der Waals surface area contributed by atoms with Crippen molar-refractivity contribution in [1.29, 1.82) is 0 Å². The zero-order valence-corrected chi connectivity index (χ0v) is 22.7. The summed E-state index contributed by atoms with van der Waals surface area (Å²) in [5.74, 6) is -0.257. The van der Waals surface area contributed by atoms with E-state index in [1.54, 1.807) is 0 Å². The smallest absolute Gasteiger partial charge is 0.335 e. The van der Waals surface area contributed by atoms with Gasteiger partial charge in [0.25, 0.3) is 10.1 Å². The third-order valence-corrected chi connectivity index (χ3v) is 7.19. The van der Waals surface area contributed by atoms with E-state index in [4.69, 9.17) is 9.29 Å². The highest BCUT2D eigenvalue weighted by Crippen LogP contribution is 2.17. The highest BCUT2D eigenvalue weighted by molar-refractivity contribution is 7.85. The number of ether oxygens (including phenoxy) is 1. The van der Waals surface area contributed by atoms with Crippen molar-refractivity contribution in [3.05, 3.63) is 36.4 Å². The van der Waals surface area contributed by atoms with Gasteiger partial charge in [-0.25, -0.2) is 4.79 Å². The van der Waals surface area contributed by atoms with Crippen LogP contribution in [0.3, 0.4) is 0 Å². The second-order valence-electron chi connectivity index (χ2n) is 9.57. The maximum absolute atomic E-state index is 11.8. The Bertz CT molecular complexity index is 784. The van der Waals surface area contributed by atoms with E-state index < -0.39 is 16.1 Å². The van der Waals surface area contributed by atoms with Crippen molar-refractivity contribution in [2.24, 2.45) is 0 Å². The van der Waals surface area contributed by atoms with Crippen molar-refractivity contribution in [2.75, 3.05) is 0 Å². The van der Waals surface area contributed by atoms with E-state index in [1.165, 1.54) is 139 Å². The molecule has 0 saturated heterocycles. The van der Waals surface area contributed by atoms with E-state index >= 15 is 0 Å². The fraction of sp³-hybridized carbons (Fsp3) is 0.690. The standard InChI is InChI=1S/C29H48O5S/c1-2-3-4-5-6-7-8-9-10-11-12-13-14-15-16-17-18-19-20-21-22-29(30)34-27-23-25-28(26-24-27)35(31,32)33/h21-26H,2-20H2,1H3,(H,31,32,33). The van der Waals surface area contributed by atoms with Crippen LogP contribution in [-0.2, 0) is 14.9 Å². The molecule has 5 nitrogen and oxygen atoms in total. The molecule has 0 aliphatic heterocycles. The fourth-order valence-electron chi connectivity index (χ4n) is 4.17. The third-order valence-electron chi connectivity index (χ3n) is 6.32.